The molecule has 0 unspecified atom stereocenters. The highest BCUT2D eigenvalue weighted by atomic mass is 35.5. The highest BCUT2D eigenvalue weighted by molar-refractivity contribution is 6.65. The Labute approximate surface area is 185 Å². The van der Waals surface area contributed by atoms with Gasteiger partial charge in [0.05, 0.1) is 11.3 Å². The molecule has 0 bridgehead atoms. The molecular formula is C22H15ClN4O5. The van der Waals surface area contributed by atoms with Crippen LogP contribution in [0.4, 0.5) is 5.69 Å². The Morgan fingerprint density at radius 1 is 1.00 bits per heavy atom. The van der Waals surface area contributed by atoms with Crippen molar-refractivity contribution in [2.24, 2.45) is 21.5 Å². The van der Waals surface area contributed by atoms with E-state index in [0.29, 0.717) is 22.1 Å². The number of benzene rings is 3. The average Bonchev–Trinajstić information content (AvgIpc) is 2.71. The molecule has 0 saturated heterocycles. The van der Waals surface area contributed by atoms with Crippen molar-refractivity contribution in [2.75, 3.05) is 0 Å². The summed E-state index contributed by atoms with van der Waals surface area (Å²) in [6.45, 7) is 0. The molecule has 0 atom stereocenters. The molecule has 4 rings (SSSR count). The van der Waals surface area contributed by atoms with Gasteiger partial charge in [-0.3, -0.25) is 4.79 Å². The molecule has 0 radical (unpaired) electrons. The molecule has 10 heteroatoms. The third kappa shape index (κ3) is 3.96. The summed E-state index contributed by atoms with van der Waals surface area (Å²) in [5, 5.41) is 20.0. The third-order valence-electron chi connectivity index (χ3n) is 4.64. The molecule has 32 heavy (non-hydrogen) atoms. The number of carbonyl (C=O) groups is 1. The molecule has 1 aliphatic carbocycles. The van der Waals surface area contributed by atoms with Crippen molar-refractivity contribution < 1.29 is 19.4 Å². The molecule has 2 aromatic rings. The third-order valence-corrected chi connectivity index (χ3v) is 4.73. The minimum Gasteiger partial charge on any atom is -0.508 e. The molecule has 0 spiro atoms. The van der Waals surface area contributed by atoms with Crippen LogP contribution in [-0.2, 0) is 0 Å². The van der Waals surface area contributed by atoms with Gasteiger partial charge in [-0.15, -0.1) is 0 Å². The summed E-state index contributed by atoms with van der Waals surface area (Å²) in [6.07, 6.45) is 0. The number of nitrogens with two attached hydrogens (primary N) is 2. The Bertz CT molecular complexity index is 1470. The lowest BCUT2D eigenvalue weighted by Crippen LogP contribution is -2.13. The van der Waals surface area contributed by atoms with Gasteiger partial charge in [0.2, 0.25) is 5.96 Å². The number of aromatic hydroxyl groups is 1. The van der Waals surface area contributed by atoms with Gasteiger partial charge in [-0.2, -0.15) is 4.99 Å². The van der Waals surface area contributed by atoms with Crippen molar-refractivity contribution in [1.82, 2.24) is 0 Å². The second-order valence-corrected chi connectivity index (χ2v) is 7.14. The monoisotopic (exact) mass is 450 g/mol. The van der Waals surface area contributed by atoms with Crippen molar-refractivity contribution in [3.8, 4) is 28.2 Å². The number of amidine groups is 1. The largest absolute Gasteiger partial charge is 0.508 e. The van der Waals surface area contributed by atoms with E-state index in [1.165, 1.54) is 30.3 Å². The lowest BCUT2D eigenvalue weighted by molar-refractivity contribution is 0.0697. The Balaban J connectivity index is 2.04. The average molecular weight is 451 g/mol. The number of guanidine groups is 1. The van der Waals surface area contributed by atoms with Gasteiger partial charge < -0.3 is 26.1 Å². The predicted molar refractivity (Wildman–Crippen MR) is 122 cm³/mol. The van der Waals surface area contributed by atoms with E-state index in [9.17, 15) is 19.8 Å². The number of aliphatic imine (C=N–C) groups is 2. The summed E-state index contributed by atoms with van der Waals surface area (Å²) in [4.78, 5) is 31.6. The fraction of sp³-hybridized carbons (Fsp3) is 0. The van der Waals surface area contributed by atoms with E-state index in [4.69, 9.17) is 27.5 Å². The number of phenolic OH excluding ortho intramolecular Hbond substituents is 1. The standard InChI is InChI=1S/C22H15ClN4O5/c23-21(24)27-22(25)26-10-1-4-13(16(7-10)20(30)31)19-14-5-2-11(28)8-17(14)32-18-9-12(29)3-6-15(18)19/h1-9,28H,(H,30,31)(H4,24,25,26,27). The fourth-order valence-corrected chi connectivity index (χ4v) is 3.50. The summed E-state index contributed by atoms with van der Waals surface area (Å²) in [7, 11) is 0. The number of nitrogens with zero attached hydrogens (tertiary/aromatic N) is 2. The summed E-state index contributed by atoms with van der Waals surface area (Å²) in [6, 6.07) is 13.1. The maximum atomic E-state index is 12.1. The summed E-state index contributed by atoms with van der Waals surface area (Å²) >= 11 is 5.48. The highest BCUT2D eigenvalue weighted by Crippen LogP contribution is 2.42. The first-order valence-corrected chi connectivity index (χ1v) is 9.52. The van der Waals surface area contributed by atoms with Crippen LogP contribution >= 0.6 is 11.6 Å². The zero-order valence-electron chi connectivity index (χ0n) is 16.2. The van der Waals surface area contributed by atoms with Crippen LogP contribution in [0.3, 0.4) is 0 Å². The molecule has 6 N–H and O–H groups in total. The van der Waals surface area contributed by atoms with Gasteiger partial charge in [-0.1, -0.05) is 6.07 Å². The van der Waals surface area contributed by atoms with Crippen molar-refractivity contribution >= 4 is 45.5 Å². The van der Waals surface area contributed by atoms with Gasteiger partial charge in [-0.25, -0.2) is 9.79 Å². The Morgan fingerprint density at radius 2 is 1.75 bits per heavy atom. The van der Waals surface area contributed by atoms with E-state index in [1.54, 1.807) is 24.3 Å². The quantitative estimate of drug-likeness (QED) is 0.160. The van der Waals surface area contributed by atoms with Gasteiger partial charge in [0.25, 0.3) is 0 Å². The SMILES string of the molecule is NC(Cl)=NC(N)=Nc1ccc(-c2c3ccc(=O)cc-3oc3cc(O)ccc23)c(C(=O)O)c1. The second-order valence-electron chi connectivity index (χ2n) is 6.76. The maximum absolute atomic E-state index is 12.1. The molecule has 2 aliphatic rings. The number of rotatable bonds is 3. The number of fused-ring (bicyclic) bond motifs is 2. The molecular weight excluding hydrogens is 436 g/mol. The van der Waals surface area contributed by atoms with Crippen LogP contribution in [0.5, 0.6) is 5.75 Å². The topological polar surface area (TPSA) is 164 Å². The Kier molecular flexibility index (Phi) is 5.25. The first-order chi connectivity index (χ1) is 15.2. The molecule has 0 saturated carbocycles. The van der Waals surface area contributed by atoms with Crippen LogP contribution in [0.25, 0.3) is 33.4 Å². The van der Waals surface area contributed by atoms with Crippen molar-refractivity contribution in [3.05, 3.63) is 70.4 Å². The van der Waals surface area contributed by atoms with Gasteiger partial charge in [0.1, 0.15) is 17.1 Å². The van der Waals surface area contributed by atoms with Crippen LogP contribution in [0.1, 0.15) is 10.4 Å². The smallest absolute Gasteiger partial charge is 0.336 e. The summed E-state index contributed by atoms with van der Waals surface area (Å²) in [5.41, 5.74) is 12.5. The molecule has 9 nitrogen and oxygen atoms in total. The summed E-state index contributed by atoms with van der Waals surface area (Å²) < 4.78 is 5.80. The first-order valence-electron chi connectivity index (χ1n) is 9.14. The van der Waals surface area contributed by atoms with Crippen molar-refractivity contribution in [3.63, 3.8) is 0 Å². The predicted octanol–water partition coefficient (Wildman–Crippen LogP) is 3.47. The summed E-state index contributed by atoms with van der Waals surface area (Å²) in [5.74, 6) is -1.24. The van der Waals surface area contributed by atoms with Gasteiger partial charge in [-0.05, 0) is 53.6 Å². The normalized spacial score (nSPS) is 12.4. The molecule has 160 valence electrons. The molecule has 0 aromatic heterocycles. The molecule has 1 aliphatic heterocycles. The zero-order chi connectivity index (χ0) is 23.0. The van der Waals surface area contributed by atoms with E-state index in [-0.39, 0.29) is 45.0 Å². The number of hydrogen-bond donors (Lipinski definition) is 4. The molecule has 2 aromatic carbocycles. The highest BCUT2D eigenvalue weighted by Gasteiger charge is 2.22. The van der Waals surface area contributed by atoms with Crippen molar-refractivity contribution in [1.29, 1.82) is 0 Å². The van der Waals surface area contributed by atoms with E-state index in [1.807, 2.05) is 0 Å². The zero-order valence-corrected chi connectivity index (χ0v) is 17.0. The van der Waals surface area contributed by atoms with Gasteiger partial charge in [0, 0.05) is 28.6 Å². The Hall–Kier alpha value is -4.37. The lowest BCUT2D eigenvalue weighted by atomic mass is 9.90. The van der Waals surface area contributed by atoms with E-state index in [2.05, 4.69) is 9.98 Å². The van der Waals surface area contributed by atoms with Gasteiger partial charge >= 0.3 is 5.97 Å². The minimum absolute atomic E-state index is 0.0393. The van der Waals surface area contributed by atoms with E-state index < -0.39 is 5.97 Å². The minimum atomic E-state index is -1.21. The molecule has 0 fully saturated rings. The van der Waals surface area contributed by atoms with E-state index >= 15 is 0 Å². The number of hydrogen-bond acceptors (Lipinski definition) is 5. The van der Waals surface area contributed by atoms with Crippen LogP contribution in [0.15, 0.2) is 73.8 Å². The number of carboxylic acids is 1. The molecule has 1 heterocycles. The van der Waals surface area contributed by atoms with Crippen molar-refractivity contribution in [2.45, 2.75) is 0 Å². The van der Waals surface area contributed by atoms with Crippen LogP contribution in [0.2, 0.25) is 0 Å². The first kappa shape index (κ1) is 20.9. The van der Waals surface area contributed by atoms with Crippen LogP contribution in [-0.4, -0.2) is 27.4 Å². The number of carboxylic acid groups (broad SMARTS) is 1. The Morgan fingerprint density at radius 3 is 2.47 bits per heavy atom. The van der Waals surface area contributed by atoms with E-state index in [0.717, 1.165) is 0 Å². The molecule has 0 amide bonds. The fourth-order valence-electron chi connectivity index (χ4n) is 3.41. The van der Waals surface area contributed by atoms with Gasteiger partial charge in [0.15, 0.2) is 10.7 Å². The lowest BCUT2D eigenvalue weighted by Gasteiger charge is -2.17. The number of halogens is 1. The number of aromatic carboxylic acids is 1. The number of phenols is 1. The van der Waals surface area contributed by atoms with Crippen LogP contribution in [0, 0.1) is 0 Å². The second kappa shape index (κ2) is 8.05. The maximum Gasteiger partial charge on any atom is 0.336 e. The van der Waals surface area contributed by atoms with Crippen LogP contribution < -0.4 is 16.9 Å².